The first-order valence-electron chi connectivity index (χ1n) is 6.99. The summed E-state index contributed by atoms with van der Waals surface area (Å²) in [5.41, 5.74) is -1.75. The van der Waals surface area contributed by atoms with Crippen LogP contribution in [0, 0.1) is 5.92 Å². The molecule has 1 aliphatic rings. The van der Waals surface area contributed by atoms with Gasteiger partial charge in [-0.3, -0.25) is 9.36 Å². The van der Waals surface area contributed by atoms with E-state index >= 15 is 0 Å². The summed E-state index contributed by atoms with van der Waals surface area (Å²) < 4.78 is 1.15. The Hall–Kier alpha value is -2.18. The van der Waals surface area contributed by atoms with Crippen molar-refractivity contribution in [3.05, 3.63) is 28.9 Å². The van der Waals surface area contributed by atoms with Gasteiger partial charge in [0.05, 0.1) is 0 Å². The van der Waals surface area contributed by atoms with E-state index in [0.717, 1.165) is 17.4 Å². The van der Waals surface area contributed by atoms with Crippen molar-refractivity contribution >= 4 is 11.9 Å². The number of carboxylic acids is 1. The van der Waals surface area contributed by atoms with Crippen LogP contribution in [-0.2, 0) is 16.1 Å². The molecule has 7 heteroatoms. The minimum absolute atomic E-state index is 0.225. The molecule has 1 amide bonds. The number of hydrogen-bond acceptors (Lipinski definition) is 4. The van der Waals surface area contributed by atoms with Gasteiger partial charge in [0.25, 0.3) is 0 Å². The number of rotatable bonds is 4. The van der Waals surface area contributed by atoms with Crippen LogP contribution in [0.5, 0.6) is 0 Å². The molecule has 114 valence electrons. The second kappa shape index (κ2) is 6.07. The highest BCUT2D eigenvalue weighted by Crippen LogP contribution is 2.32. The predicted molar refractivity (Wildman–Crippen MR) is 74.6 cm³/mol. The molecule has 2 rings (SSSR count). The molecule has 0 radical (unpaired) electrons. The summed E-state index contributed by atoms with van der Waals surface area (Å²) in [6, 6.07) is 1.55. The standard InChI is InChI=1S/C14H19N3O4/c1-10-3-5-14(6-4-10,12(19)20)16-11(18)9-17-8-2-7-15-13(17)21/h2,7-8,10H,3-6,9H2,1H3,(H,16,18)(H,19,20). The molecule has 0 atom stereocenters. The van der Waals surface area contributed by atoms with Crippen molar-refractivity contribution in [3.8, 4) is 0 Å². The summed E-state index contributed by atoms with van der Waals surface area (Å²) in [5.74, 6) is -1.03. The van der Waals surface area contributed by atoms with Gasteiger partial charge < -0.3 is 10.4 Å². The smallest absolute Gasteiger partial charge is 0.347 e. The fraction of sp³-hybridized carbons (Fsp3) is 0.571. The van der Waals surface area contributed by atoms with Crippen molar-refractivity contribution in [2.75, 3.05) is 0 Å². The number of nitrogens with one attached hydrogen (secondary N) is 1. The van der Waals surface area contributed by atoms with Crippen LogP contribution in [-0.4, -0.2) is 32.1 Å². The van der Waals surface area contributed by atoms with Crippen molar-refractivity contribution in [2.24, 2.45) is 5.92 Å². The molecule has 0 saturated heterocycles. The zero-order valence-electron chi connectivity index (χ0n) is 11.9. The first-order valence-corrected chi connectivity index (χ1v) is 6.99. The van der Waals surface area contributed by atoms with Crippen molar-refractivity contribution in [1.29, 1.82) is 0 Å². The van der Waals surface area contributed by atoms with Gasteiger partial charge >= 0.3 is 11.7 Å². The number of carbonyl (C=O) groups is 2. The van der Waals surface area contributed by atoms with Crippen LogP contribution in [0.15, 0.2) is 23.3 Å². The fourth-order valence-electron chi connectivity index (χ4n) is 2.62. The molecular weight excluding hydrogens is 274 g/mol. The highest BCUT2D eigenvalue weighted by atomic mass is 16.4. The third-order valence-electron chi connectivity index (χ3n) is 4.01. The Morgan fingerprint density at radius 2 is 2.14 bits per heavy atom. The lowest BCUT2D eigenvalue weighted by Crippen LogP contribution is -2.57. The first kappa shape index (κ1) is 15.2. The molecule has 0 bridgehead atoms. The summed E-state index contributed by atoms with van der Waals surface area (Å²) in [6.45, 7) is 1.85. The van der Waals surface area contributed by atoms with Crippen molar-refractivity contribution in [2.45, 2.75) is 44.7 Å². The van der Waals surface area contributed by atoms with E-state index in [9.17, 15) is 19.5 Å². The Kier molecular flexibility index (Phi) is 4.40. The fourth-order valence-corrected chi connectivity index (χ4v) is 2.62. The van der Waals surface area contributed by atoms with Crippen LogP contribution in [0.4, 0.5) is 0 Å². The van der Waals surface area contributed by atoms with Gasteiger partial charge in [0, 0.05) is 12.4 Å². The molecule has 1 aromatic rings. The van der Waals surface area contributed by atoms with Gasteiger partial charge in [-0.1, -0.05) is 6.92 Å². The molecule has 0 aromatic carbocycles. The van der Waals surface area contributed by atoms with E-state index in [1.807, 2.05) is 0 Å². The number of nitrogens with zero attached hydrogens (tertiary/aromatic N) is 2. The van der Waals surface area contributed by atoms with Gasteiger partial charge in [-0.2, -0.15) is 0 Å². The van der Waals surface area contributed by atoms with E-state index in [2.05, 4.69) is 17.2 Å². The lowest BCUT2D eigenvalue weighted by Gasteiger charge is -2.36. The maximum Gasteiger partial charge on any atom is 0.347 e. The highest BCUT2D eigenvalue weighted by molar-refractivity contribution is 5.87. The first-order chi connectivity index (χ1) is 9.93. The van der Waals surface area contributed by atoms with Crippen LogP contribution in [0.1, 0.15) is 32.6 Å². The average Bonchev–Trinajstić information content (AvgIpc) is 2.44. The molecule has 7 nitrogen and oxygen atoms in total. The Morgan fingerprint density at radius 3 is 2.71 bits per heavy atom. The SMILES string of the molecule is CC1CCC(NC(=O)Cn2cccnc2=O)(C(=O)O)CC1. The van der Waals surface area contributed by atoms with Crippen LogP contribution < -0.4 is 11.0 Å². The summed E-state index contributed by atoms with van der Waals surface area (Å²) >= 11 is 0. The number of hydrogen-bond donors (Lipinski definition) is 2. The normalized spacial score (nSPS) is 25.3. The maximum absolute atomic E-state index is 12.1. The zero-order chi connectivity index (χ0) is 15.5. The topological polar surface area (TPSA) is 101 Å². The molecular formula is C14H19N3O4. The molecule has 0 spiro atoms. The van der Waals surface area contributed by atoms with Gasteiger partial charge in [-0.05, 0) is 37.7 Å². The van der Waals surface area contributed by atoms with E-state index in [1.54, 1.807) is 6.07 Å². The molecule has 1 saturated carbocycles. The molecule has 1 heterocycles. The van der Waals surface area contributed by atoms with Crippen LogP contribution in [0.25, 0.3) is 0 Å². The monoisotopic (exact) mass is 293 g/mol. The Labute approximate surface area is 122 Å². The van der Waals surface area contributed by atoms with Crippen molar-refractivity contribution < 1.29 is 14.7 Å². The maximum atomic E-state index is 12.1. The van der Waals surface area contributed by atoms with E-state index in [1.165, 1.54) is 12.4 Å². The Morgan fingerprint density at radius 1 is 1.48 bits per heavy atom. The van der Waals surface area contributed by atoms with Gasteiger partial charge in [0.15, 0.2) is 0 Å². The lowest BCUT2D eigenvalue weighted by atomic mass is 9.77. The minimum atomic E-state index is -1.21. The van der Waals surface area contributed by atoms with Gasteiger partial charge in [-0.15, -0.1) is 0 Å². The molecule has 2 N–H and O–H groups in total. The van der Waals surface area contributed by atoms with Crippen LogP contribution >= 0.6 is 0 Å². The van der Waals surface area contributed by atoms with Crippen LogP contribution in [0.2, 0.25) is 0 Å². The number of carboxylic acid groups (broad SMARTS) is 1. The van der Waals surface area contributed by atoms with Crippen LogP contribution in [0.3, 0.4) is 0 Å². The second-order valence-electron chi connectivity index (χ2n) is 5.65. The third kappa shape index (κ3) is 3.48. The largest absolute Gasteiger partial charge is 0.480 e. The molecule has 0 unspecified atom stereocenters. The Balaban J connectivity index is 2.08. The molecule has 0 aliphatic heterocycles. The van der Waals surface area contributed by atoms with Crippen molar-refractivity contribution in [1.82, 2.24) is 14.9 Å². The lowest BCUT2D eigenvalue weighted by molar-refractivity contribution is -0.149. The van der Waals surface area contributed by atoms with E-state index < -0.39 is 23.1 Å². The van der Waals surface area contributed by atoms with Gasteiger partial charge in [0.1, 0.15) is 12.1 Å². The summed E-state index contributed by atoms with van der Waals surface area (Å²) in [5, 5.41) is 12.1. The minimum Gasteiger partial charge on any atom is -0.480 e. The van der Waals surface area contributed by atoms with Gasteiger partial charge in [-0.25, -0.2) is 14.6 Å². The molecule has 21 heavy (non-hydrogen) atoms. The van der Waals surface area contributed by atoms with Gasteiger partial charge in [0.2, 0.25) is 5.91 Å². The summed E-state index contributed by atoms with van der Waals surface area (Å²) in [4.78, 5) is 38.6. The highest BCUT2D eigenvalue weighted by Gasteiger charge is 2.42. The quantitative estimate of drug-likeness (QED) is 0.836. The number of aliphatic carboxylic acids is 1. The van der Waals surface area contributed by atoms with Crippen molar-refractivity contribution in [3.63, 3.8) is 0 Å². The zero-order valence-corrected chi connectivity index (χ0v) is 11.9. The predicted octanol–water partition coefficient (Wildman–Crippen LogP) is 0.393. The molecule has 1 aromatic heterocycles. The summed E-state index contributed by atoms with van der Waals surface area (Å²) in [6.07, 6.45) is 5.15. The Bertz CT molecular complexity index is 588. The van der Waals surface area contributed by atoms with E-state index in [0.29, 0.717) is 18.8 Å². The third-order valence-corrected chi connectivity index (χ3v) is 4.01. The second-order valence-corrected chi connectivity index (χ2v) is 5.65. The molecule has 1 fully saturated rings. The average molecular weight is 293 g/mol. The van der Waals surface area contributed by atoms with E-state index in [-0.39, 0.29) is 6.54 Å². The molecule has 1 aliphatic carbocycles. The van der Waals surface area contributed by atoms with E-state index in [4.69, 9.17) is 0 Å². The number of carbonyl (C=O) groups excluding carboxylic acids is 1. The number of aromatic nitrogens is 2. The summed E-state index contributed by atoms with van der Waals surface area (Å²) in [7, 11) is 0. The number of amides is 1.